The zero-order valence-corrected chi connectivity index (χ0v) is 14.3. The second-order valence-corrected chi connectivity index (χ2v) is 5.72. The van der Waals surface area contributed by atoms with Gasteiger partial charge in [-0.2, -0.15) is 5.10 Å². The van der Waals surface area contributed by atoms with Crippen LogP contribution in [0.2, 0.25) is 0 Å². The molecule has 0 fully saturated rings. The van der Waals surface area contributed by atoms with Crippen molar-refractivity contribution in [3.63, 3.8) is 0 Å². The lowest BCUT2D eigenvalue weighted by Crippen LogP contribution is -2.27. The molecule has 3 aromatic rings. The highest BCUT2D eigenvalue weighted by molar-refractivity contribution is 5.92. The Morgan fingerprint density at radius 1 is 1.23 bits per heavy atom. The van der Waals surface area contributed by atoms with Gasteiger partial charge < -0.3 is 15.0 Å². The minimum Gasteiger partial charge on any atom is -0.487 e. The molecule has 0 aliphatic carbocycles. The molecule has 8 nitrogen and oxygen atoms in total. The van der Waals surface area contributed by atoms with Gasteiger partial charge in [-0.15, -0.1) is 0 Å². The molecule has 3 rings (SSSR count). The van der Waals surface area contributed by atoms with E-state index in [0.29, 0.717) is 36.8 Å². The van der Waals surface area contributed by atoms with E-state index in [2.05, 4.69) is 25.5 Å². The van der Waals surface area contributed by atoms with Crippen LogP contribution in [0, 0.1) is 6.92 Å². The number of rotatable bonds is 7. The summed E-state index contributed by atoms with van der Waals surface area (Å²) in [5.74, 6) is 0.976. The quantitative estimate of drug-likeness (QED) is 0.593. The Morgan fingerprint density at radius 2 is 2.04 bits per heavy atom. The number of aromatic amines is 2. The smallest absolute Gasteiger partial charge is 0.271 e. The molecule has 1 aromatic carbocycles. The zero-order valence-electron chi connectivity index (χ0n) is 14.3. The van der Waals surface area contributed by atoms with E-state index in [9.17, 15) is 9.59 Å². The Kier molecular flexibility index (Phi) is 5.43. The van der Waals surface area contributed by atoms with E-state index in [0.717, 1.165) is 5.75 Å². The fourth-order valence-corrected chi connectivity index (χ4v) is 2.37. The lowest BCUT2D eigenvalue weighted by molar-refractivity contribution is 0.0949. The van der Waals surface area contributed by atoms with Gasteiger partial charge in [0, 0.05) is 24.7 Å². The van der Waals surface area contributed by atoms with E-state index in [4.69, 9.17) is 4.74 Å². The Bertz CT molecular complexity index is 933. The van der Waals surface area contributed by atoms with E-state index < -0.39 is 0 Å². The molecule has 0 atom stereocenters. The van der Waals surface area contributed by atoms with Crippen LogP contribution in [-0.2, 0) is 13.0 Å². The van der Waals surface area contributed by atoms with Crippen LogP contribution in [0.4, 0.5) is 0 Å². The predicted molar refractivity (Wildman–Crippen MR) is 95.0 cm³/mol. The van der Waals surface area contributed by atoms with Crippen LogP contribution in [0.25, 0.3) is 0 Å². The maximum atomic E-state index is 12.1. The summed E-state index contributed by atoms with van der Waals surface area (Å²) >= 11 is 0. The van der Waals surface area contributed by atoms with E-state index in [1.54, 1.807) is 13.0 Å². The van der Waals surface area contributed by atoms with Crippen LogP contribution in [0.5, 0.6) is 5.75 Å². The molecule has 134 valence electrons. The van der Waals surface area contributed by atoms with Gasteiger partial charge in [0.25, 0.3) is 11.5 Å². The molecule has 0 radical (unpaired) electrons. The molecule has 1 amide bonds. The van der Waals surface area contributed by atoms with Gasteiger partial charge in [0.05, 0.1) is 5.69 Å². The van der Waals surface area contributed by atoms with Crippen molar-refractivity contribution in [2.45, 2.75) is 20.0 Å². The van der Waals surface area contributed by atoms with E-state index in [1.165, 1.54) is 6.07 Å². The van der Waals surface area contributed by atoms with Gasteiger partial charge in [0.1, 0.15) is 23.9 Å². The number of nitrogens with zero attached hydrogens (tertiary/aromatic N) is 2. The highest BCUT2D eigenvalue weighted by Crippen LogP contribution is 2.11. The van der Waals surface area contributed by atoms with Gasteiger partial charge in [-0.3, -0.25) is 14.7 Å². The molecule has 26 heavy (non-hydrogen) atoms. The number of hydrogen-bond donors (Lipinski definition) is 3. The first-order valence-electron chi connectivity index (χ1n) is 8.17. The fraction of sp³-hybridized carbons (Fsp3) is 0.222. The number of amides is 1. The topological polar surface area (TPSA) is 113 Å². The molecule has 0 unspecified atom stereocenters. The minimum absolute atomic E-state index is 0.200. The molecular formula is C18H19N5O3. The third-order valence-electron chi connectivity index (χ3n) is 3.57. The molecule has 0 saturated carbocycles. The van der Waals surface area contributed by atoms with Crippen molar-refractivity contribution >= 4 is 5.91 Å². The van der Waals surface area contributed by atoms with Crippen LogP contribution < -0.4 is 15.6 Å². The molecule has 0 aliphatic rings. The van der Waals surface area contributed by atoms with Gasteiger partial charge in [-0.25, -0.2) is 4.98 Å². The zero-order chi connectivity index (χ0) is 18.4. The first kappa shape index (κ1) is 17.4. The number of aromatic nitrogens is 4. The Labute approximate surface area is 149 Å². The average molecular weight is 353 g/mol. The van der Waals surface area contributed by atoms with Crippen molar-refractivity contribution in [1.29, 1.82) is 0 Å². The van der Waals surface area contributed by atoms with Gasteiger partial charge in [-0.05, 0) is 25.1 Å². The summed E-state index contributed by atoms with van der Waals surface area (Å²) in [4.78, 5) is 30.4. The maximum absolute atomic E-state index is 12.1. The predicted octanol–water partition coefficient (Wildman–Crippen LogP) is 1.35. The normalized spacial score (nSPS) is 10.5. The van der Waals surface area contributed by atoms with Crippen LogP contribution >= 0.6 is 0 Å². The first-order valence-corrected chi connectivity index (χ1v) is 8.17. The second kappa shape index (κ2) is 8.11. The number of carbonyl (C=O) groups excluding carboxylic acids is 1. The fourth-order valence-electron chi connectivity index (χ4n) is 2.37. The number of carbonyl (C=O) groups is 1. The van der Waals surface area contributed by atoms with Crippen LogP contribution in [0.1, 0.15) is 27.7 Å². The molecule has 2 heterocycles. The number of H-pyrrole nitrogens is 2. The number of benzene rings is 1. The van der Waals surface area contributed by atoms with Crippen LogP contribution in [-0.4, -0.2) is 32.6 Å². The highest BCUT2D eigenvalue weighted by Gasteiger charge is 2.10. The van der Waals surface area contributed by atoms with E-state index >= 15 is 0 Å². The Morgan fingerprint density at radius 3 is 2.81 bits per heavy atom. The molecule has 8 heteroatoms. The van der Waals surface area contributed by atoms with Crippen molar-refractivity contribution < 1.29 is 9.53 Å². The van der Waals surface area contributed by atoms with Gasteiger partial charge in [-0.1, -0.05) is 18.2 Å². The Hall–Kier alpha value is -3.42. The monoisotopic (exact) mass is 353 g/mol. The second-order valence-electron chi connectivity index (χ2n) is 5.72. The molecule has 0 bridgehead atoms. The van der Waals surface area contributed by atoms with Crippen LogP contribution in [0.3, 0.4) is 0 Å². The number of ether oxygens (including phenoxy) is 1. The third kappa shape index (κ3) is 4.79. The summed E-state index contributed by atoms with van der Waals surface area (Å²) in [5.41, 5.74) is 1.42. The lowest BCUT2D eigenvalue weighted by Gasteiger charge is -2.04. The molecule has 0 spiro atoms. The van der Waals surface area contributed by atoms with E-state index in [1.807, 2.05) is 30.3 Å². The standard InChI is InChI=1S/C18H19N5O3/c1-12-9-17(24)21-16(20-12)7-8-19-18(25)15-10-13(22-23-15)11-26-14-5-3-2-4-6-14/h2-6,9-10H,7-8,11H2,1H3,(H,19,25)(H,22,23)(H,20,21,24). The third-order valence-corrected chi connectivity index (χ3v) is 3.57. The minimum atomic E-state index is -0.304. The Balaban J connectivity index is 1.49. The summed E-state index contributed by atoms with van der Waals surface area (Å²) in [6.45, 7) is 2.38. The summed E-state index contributed by atoms with van der Waals surface area (Å²) < 4.78 is 5.60. The molecule has 0 aliphatic heterocycles. The van der Waals surface area contributed by atoms with Crippen molar-refractivity contribution in [1.82, 2.24) is 25.5 Å². The number of hydrogen-bond acceptors (Lipinski definition) is 5. The molecule has 3 N–H and O–H groups in total. The SMILES string of the molecule is Cc1cc(=O)[nH]c(CCNC(=O)c2cc(COc3ccccc3)[nH]n2)n1. The number of aryl methyl sites for hydroxylation is 1. The van der Waals surface area contributed by atoms with Gasteiger partial charge in [0.2, 0.25) is 0 Å². The summed E-state index contributed by atoms with van der Waals surface area (Å²) in [6, 6.07) is 12.5. The average Bonchev–Trinajstić information content (AvgIpc) is 3.09. The van der Waals surface area contributed by atoms with Crippen molar-refractivity contribution in [3.05, 3.63) is 75.7 Å². The van der Waals surface area contributed by atoms with E-state index in [-0.39, 0.29) is 17.2 Å². The van der Waals surface area contributed by atoms with Crippen molar-refractivity contribution in [2.24, 2.45) is 0 Å². The summed E-state index contributed by atoms with van der Waals surface area (Å²) in [5, 5.41) is 9.53. The summed E-state index contributed by atoms with van der Waals surface area (Å²) in [7, 11) is 0. The molecular weight excluding hydrogens is 334 g/mol. The van der Waals surface area contributed by atoms with Gasteiger partial charge >= 0.3 is 0 Å². The lowest BCUT2D eigenvalue weighted by atomic mass is 10.3. The largest absolute Gasteiger partial charge is 0.487 e. The highest BCUT2D eigenvalue weighted by atomic mass is 16.5. The van der Waals surface area contributed by atoms with Gasteiger partial charge in [0.15, 0.2) is 0 Å². The maximum Gasteiger partial charge on any atom is 0.271 e. The van der Waals surface area contributed by atoms with Crippen molar-refractivity contribution in [3.8, 4) is 5.75 Å². The molecule has 0 saturated heterocycles. The summed E-state index contributed by atoms with van der Waals surface area (Å²) in [6.07, 6.45) is 0.428. The van der Waals surface area contributed by atoms with Crippen molar-refractivity contribution in [2.75, 3.05) is 6.54 Å². The first-order chi connectivity index (χ1) is 12.6. The number of nitrogens with one attached hydrogen (secondary N) is 3. The number of para-hydroxylation sites is 1. The van der Waals surface area contributed by atoms with Crippen LogP contribution in [0.15, 0.2) is 47.3 Å². The molecule has 2 aromatic heterocycles.